The van der Waals surface area contributed by atoms with Crippen LogP contribution in [0.3, 0.4) is 0 Å². The summed E-state index contributed by atoms with van der Waals surface area (Å²) in [6, 6.07) is 8.61. The third-order valence-electron chi connectivity index (χ3n) is 5.70. The molecule has 0 saturated carbocycles. The Balaban J connectivity index is 1.59. The van der Waals surface area contributed by atoms with Crippen LogP contribution in [0.4, 0.5) is 19.0 Å². The van der Waals surface area contributed by atoms with E-state index >= 15 is 0 Å². The second-order valence-electron chi connectivity index (χ2n) is 7.87. The van der Waals surface area contributed by atoms with Gasteiger partial charge in [-0.2, -0.15) is 13.2 Å². The van der Waals surface area contributed by atoms with Gasteiger partial charge in [0.25, 0.3) is 5.91 Å². The number of carbonyl (C=O) groups excluding carboxylic acids is 1. The molecule has 1 amide bonds. The van der Waals surface area contributed by atoms with Crippen LogP contribution in [0.1, 0.15) is 22.6 Å². The molecule has 33 heavy (non-hydrogen) atoms. The number of aryl methyl sites for hydroxylation is 1. The SMILES string of the molecule is Cn1ccnc1C(O)(CCNc1cc(C(=O)N2CCOCC2)c2ccccc2n1)C(F)(F)F. The predicted molar refractivity (Wildman–Crippen MR) is 115 cm³/mol. The van der Waals surface area contributed by atoms with Crippen molar-refractivity contribution >= 4 is 22.6 Å². The summed E-state index contributed by atoms with van der Waals surface area (Å²) >= 11 is 0. The third kappa shape index (κ3) is 4.51. The molecule has 1 aliphatic heterocycles. The number of benzene rings is 1. The van der Waals surface area contributed by atoms with E-state index in [2.05, 4.69) is 15.3 Å². The minimum Gasteiger partial charge on any atom is -0.378 e. The molecule has 1 atom stereocenters. The topological polar surface area (TPSA) is 92.5 Å². The van der Waals surface area contributed by atoms with Crippen molar-refractivity contribution in [3.8, 4) is 0 Å². The van der Waals surface area contributed by atoms with Gasteiger partial charge in [0.05, 0.1) is 24.3 Å². The van der Waals surface area contributed by atoms with E-state index in [9.17, 15) is 23.1 Å². The zero-order chi connectivity index (χ0) is 23.6. The minimum absolute atomic E-state index is 0.195. The second-order valence-corrected chi connectivity index (χ2v) is 7.87. The number of anilines is 1. The molecule has 1 unspecified atom stereocenters. The number of alkyl halides is 3. The summed E-state index contributed by atoms with van der Waals surface area (Å²) in [5, 5.41) is 14.0. The number of aromatic nitrogens is 3. The van der Waals surface area contributed by atoms with Crippen molar-refractivity contribution < 1.29 is 27.8 Å². The summed E-state index contributed by atoms with van der Waals surface area (Å²) in [7, 11) is 1.39. The number of nitrogens with zero attached hydrogens (tertiary/aromatic N) is 4. The Morgan fingerprint density at radius 1 is 1.24 bits per heavy atom. The maximum atomic E-state index is 13.8. The number of aliphatic hydroxyl groups is 1. The average Bonchev–Trinajstić information content (AvgIpc) is 3.24. The quantitative estimate of drug-likeness (QED) is 0.584. The molecule has 176 valence electrons. The molecule has 3 aromatic rings. The number of morpholine rings is 1. The van der Waals surface area contributed by atoms with E-state index in [1.807, 2.05) is 0 Å². The van der Waals surface area contributed by atoms with Crippen LogP contribution in [0, 0.1) is 0 Å². The van der Waals surface area contributed by atoms with E-state index in [1.165, 1.54) is 25.5 Å². The number of halogens is 3. The van der Waals surface area contributed by atoms with Crippen LogP contribution in [-0.2, 0) is 17.4 Å². The van der Waals surface area contributed by atoms with Crippen molar-refractivity contribution in [2.45, 2.75) is 18.2 Å². The van der Waals surface area contributed by atoms with Gasteiger partial charge in [-0.25, -0.2) is 9.97 Å². The van der Waals surface area contributed by atoms with Crippen LogP contribution in [0.15, 0.2) is 42.7 Å². The summed E-state index contributed by atoms with van der Waals surface area (Å²) in [4.78, 5) is 23.0. The summed E-state index contributed by atoms with van der Waals surface area (Å²) in [6.45, 7) is 1.56. The van der Waals surface area contributed by atoms with Gasteiger partial charge in [-0.3, -0.25) is 4.79 Å². The van der Waals surface area contributed by atoms with Gasteiger partial charge in [0, 0.05) is 50.9 Å². The standard InChI is InChI=1S/C22H24F3N5O3/c1-29-9-8-27-20(29)21(32,22(23,24)25)6-7-26-18-14-16(15-4-2-3-5-17(15)28-18)19(31)30-10-12-33-13-11-30/h2-5,8-9,14,32H,6-7,10-13H2,1H3,(H,26,28). The van der Waals surface area contributed by atoms with Gasteiger partial charge in [0.2, 0.25) is 5.60 Å². The molecule has 4 rings (SSSR count). The van der Waals surface area contributed by atoms with E-state index < -0.39 is 24.0 Å². The van der Waals surface area contributed by atoms with Crippen molar-refractivity contribution in [1.29, 1.82) is 0 Å². The lowest BCUT2D eigenvalue weighted by atomic mass is 9.97. The number of rotatable bonds is 6. The molecule has 1 aliphatic rings. The van der Waals surface area contributed by atoms with E-state index in [0.717, 1.165) is 4.57 Å². The molecule has 0 radical (unpaired) electrons. The number of nitrogens with one attached hydrogen (secondary N) is 1. The molecule has 3 heterocycles. The zero-order valence-corrected chi connectivity index (χ0v) is 18.0. The van der Waals surface area contributed by atoms with Gasteiger partial charge in [-0.05, 0) is 12.1 Å². The first kappa shape index (κ1) is 23.0. The lowest BCUT2D eigenvalue weighted by Crippen LogP contribution is -2.45. The third-order valence-corrected chi connectivity index (χ3v) is 5.70. The van der Waals surface area contributed by atoms with Gasteiger partial charge < -0.3 is 24.6 Å². The van der Waals surface area contributed by atoms with E-state index in [-0.39, 0.29) is 18.3 Å². The minimum atomic E-state index is -4.93. The highest BCUT2D eigenvalue weighted by molar-refractivity contribution is 6.07. The van der Waals surface area contributed by atoms with Crippen LogP contribution < -0.4 is 5.32 Å². The molecule has 0 aliphatic carbocycles. The fourth-order valence-corrected chi connectivity index (χ4v) is 3.90. The molecule has 1 fully saturated rings. The highest BCUT2D eigenvalue weighted by atomic mass is 19.4. The Kier molecular flexibility index (Phi) is 6.26. The molecule has 8 nitrogen and oxygen atoms in total. The van der Waals surface area contributed by atoms with E-state index in [4.69, 9.17) is 4.74 Å². The maximum absolute atomic E-state index is 13.8. The molecule has 0 bridgehead atoms. The van der Waals surface area contributed by atoms with Crippen molar-refractivity contribution in [1.82, 2.24) is 19.4 Å². The maximum Gasteiger partial charge on any atom is 0.424 e. The number of ether oxygens (including phenoxy) is 1. The van der Waals surface area contributed by atoms with Gasteiger partial charge in [-0.15, -0.1) is 0 Å². The molecular weight excluding hydrogens is 439 g/mol. The number of imidazole rings is 1. The number of pyridine rings is 1. The number of fused-ring (bicyclic) bond motifs is 1. The molecule has 11 heteroatoms. The number of hydrogen-bond acceptors (Lipinski definition) is 6. The van der Waals surface area contributed by atoms with Crippen molar-refractivity contribution in [3.05, 3.63) is 54.1 Å². The van der Waals surface area contributed by atoms with Crippen LogP contribution >= 0.6 is 0 Å². The Bertz CT molecular complexity index is 1140. The second kappa shape index (κ2) is 8.99. The fraction of sp³-hybridized carbons (Fsp3) is 0.409. The number of carbonyl (C=O) groups is 1. The first-order chi connectivity index (χ1) is 15.7. The largest absolute Gasteiger partial charge is 0.424 e. The molecule has 1 saturated heterocycles. The van der Waals surface area contributed by atoms with Gasteiger partial charge >= 0.3 is 6.18 Å². The Labute approximate surface area is 188 Å². The average molecular weight is 463 g/mol. The fourth-order valence-electron chi connectivity index (χ4n) is 3.90. The number of para-hydroxylation sites is 1. The molecule has 2 N–H and O–H groups in total. The summed E-state index contributed by atoms with van der Waals surface area (Å²) in [6.07, 6.45) is -3.08. The zero-order valence-electron chi connectivity index (χ0n) is 18.0. The van der Waals surface area contributed by atoms with E-state index in [0.29, 0.717) is 42.8 Å². The highest BCUT2D eigenvalue weighted by Gasteiger charge is 2.57. The van der Waals surface area contributed by atoms with Crippen molar-refractivity contribution in [3.63, 3.8) is 0 Å². The normalized spacial score (nSPS) is 16.6. The number of hydrogen-bond donors (Lipinski definition) is 2. The Hall–Kier alpha value is -3.18. The molecule has 2 aromatic heterocycles. The summed E-state index contributed by atoms with van der Waals surface area (Å²) in [5.41, 5.74) is -2.20. The smallest absolute Gasteiger partial charge is 0.378 e. The van der Waals surface area contributed by atoms with Gasteiger partial charge in [0.15, 0.2) is 0 Å². The monoisotopic (exact) mass is 463 g/mol. The van der Waals surface area contributed by atoms with E-state index in [1.54, 1.807) is 29.2 Å². The first-order valence-electron chi connectivity index (χ1n) is 10.5. The van der Waals surface area contributed by atoms with Gasteiger partial charge in [0.1, 0.15) is 11.6 Å². The van der Waals surface area contributed by atoms with Crippen LogP contribution in [0.2, 0.25) is 0 Å². The van der Waals surface area contributed by atoms with Crippen LogP contribution in [0.25, 0.3) is 10.9 Å². The van der Waals surface area contributed by atoms with Gasteiger partial charge in [-0.1, -0.05) is 18.2 Å². The predicted octanol–water partition coefficient (Wildman–Crippen LogP) is 2.69. The van der Waals surface area contributed by atoms with Crippen LogP contribution in [-0.4, -0.2) is 69.5 Å². The number of amides is 1. The summed E-state index contributed by atoms with van der Waals surface area (Å²) in [5.74, 6) is -0.444. The highest BCUT2D eigenvalue weighted by Crippen LogP contribution is 2.40. The van der Waals surface area contributed by atoms with Crippen molar-refractivity contribution in [2.75, 3.05) is 38.2 Å². The Morgan fingerprint density at radius 2 is 1.97 bits per heavy atom. The van der Waals surface area contributed by atoms with Crippen molar-refractivity contribution in [2.24, 2.45) is 7.05 Å². The summed E-state index contributed by atoms with van der Waals surface area (Å²) < 4.78 is 47.7. The Morgan fingerprint density at radius 3 is 2.64 bits per heavy atom. The lowest BCUT2D eigenvalue weighted by Gasteiger charge is -2.30. The lowest BCUT2D eigenvalue weighted by molar-refractivity contribution is -0.271. The first-order valence-corrected chi connectivity index (χ1v) is 10.5. The molecular formula is C22H24F3N5O3. The molecule has 1 aromatic carbocycles. The molecule has 0 spiro atoms. The van der Waals surface area contributed by atoms with Crippen LogP contribution in [0.5, 0.6) is 0 Å².